The maximum atomic E-state index is 12.9. The zero-order chi connectivity index (χ0) is 16.5. The van der Waals surface area contributed by atoms with Crippen LogP contribution in [0.1, 0.15) is 24.1 Å². The molecule has 0 bridgehead atoms. The number of hydrogen-bond acceptors (Lipinski definition) is 4. The average Bonchev–Trinajstić information content (AvgIpc) is 3.05. The number of benzene rings is 1. The molecule has 5 nitrogen and oxygen atoms in total. The second-order valence-corrected chi connectivity index (χ2v) is 6.65. The molecule has 1 aromatic carbocycles. The molecule has 1 saturated heterocycles. The molecule has 4 rings (SSSR count). The van der Waals surface area contributed by atoms with Crippen molar-refractivity contribution in [1.29, 1.82) is 0 Å². The molecule has 1 aromatic heterocycles. The van der Waals surface area contributed by atoms with Gasteiger partial charge < -0.3 is 9.80 Å². The van der Waals surface area contributed by atoms with Crippen molar-refractivity contribution in [2.75, 3.05) is 29.4 Å². The van der Waals surface area contributed by atoms with E-state index in [1.807, 2.05) is 24.0 Å². The Kier molecular flexibility index (Phi) is 3.92. The summed E-state index contributed by atoms with van der Waals surface area (Å²) >= 11 is 0. The monoisotopic (exact) mass is 322 g/mol. The number of nitrogens with zero attached hydrogens (tertiary/aromatic N) is 4. The van der Waals surface area contributed by atoms with Crippen LogP contribution in [0.3, 0.4) is 0 Å². The highest BCUT2D eigenvalue weighted by Gasteiger charge is 2.32. The number of para-hydroxylation sites is 1. The van der Waals surface area contributed by atoms with E-state index in [1.165, 1.54) is 5.56 Å². The number of aryl methyl sites for hydroxylation is 1. The first-order valence-corrected chi connectivity index (χ1v) is 8.65. The number of amides is 1. The summed E-state index contributed by atoms with van der Waals surface area (Å²) in [4.78, 5) is 25.7. The minimum absolute atomic E-state index is 0.121. The van der Waals surface area contributed by atoms with Crippen LogP contribution in [0.2, 0.25) is 0 Å². The number of piperidine rings is 1. The summed E-state index contributed by atoms with van der Waals surface area (Å²) < 4.78 is 0. The molecule has 5 heteroatoms. The van der Waals surface area contributed by atoms with E-state index in [4.69, 9.17) is 0 Å². The van der Waals surface area contributed by atoms with Crippen molar-refractivity contribution in [3.05, 3.63) is 47.9 Å². The summed E-state index contributed by atoms with van der Waals surface area (Å²) in [6.45, 7) is 4.56. The van der Waals surface area contributed by atoms with E-state index in [-0.39, 0.29) is 5.92 Å². The molecule has 0 unspecified atom stereocenters. The lowest BCUT2D eigenvalue weighted by atomic mass is 9.95. The van der Waals surface area contributed by atoms with Gasteiger partial charge in [-0.3, -0.25) is 4.79 Å². The average molecular weight is 322 g/mol. The molecule has 0 saturated carbocycles. The third kappa shape index (κ3) is 2.75. The standard InChI is InChI=1S/C19H22N4O/c1-14-12-18(21-13-20-14)22-9-6-16(7-10-22)19(24)23-11-8-15-4-2-3-5-17(15)23/h2-5,12-13,16H,6-11H2,1H3. The molecule has 2 aliphatic rings. The Balaban J connectivity index is 1.42. The molecular weight excluding hydrogens is 300 g/mol. The van der Waals surface area contributed by atoms with Gasteiger partial charge >= 0.3 is 0 Å². The van der Waals surface area contributed by atoms with Crippen molar-refractivity contribution in [2.24, 2.45) is 5.92 Å². The molecule has 124 valence electrons. The topological polar surface area (TPSA) is 49.3 Å². The van der Waals surface area contributed by atoms with Gasteiger partial charge in [-0.15, -0.1) is 0 Å². The summed E-state index contributed by atoms with van der Waals surface area (Å²) in [6.07, 6.45) is 4.37. The van der Waals surface area contributed by atoms with Crippen molar-refractivity contribution >= 4 is 17.4 Å². The fraction of sp³-hybridized carbons (Fsp3) is 0.421. The lowest BCUT2D eigenvalue weighted by Crippen LogP contribution is -2.42. The number of hydrogen-bond donors (Lipinski definition) is 0. The quantitative estimate of drug-likeness (QED) is 0.853. The van der Waals surface area contributed by atoms with Gasteiger partial charge in [-0.1, -0.05) is 18.2 Å². The number of anilines is 2. The van der Waals surface area contributed by atoms with Crippen LogP contribution in [-0.4, -0.2) is 35.5 Å². The van der Waals surface area contributed by atoms with Gasteiger partial charge in [0.15, 0.2) is 0 Å². The van der Waals surface area contributed by atoms with Crippen molar-refractivity contribution in [3.63, 3.8) is 0 Å². The second-order valence-electron chi connectivity index (χ2n) is 6.65. The molecule has 2 aromatic rings. The summed E-state index contributed by atoms with van der Waals surface area (Å²) in [6, 6.07) is 10.3. The molecule has 0 N–H and O–H groups in total. The predicted octanol–water partition coefficient (Wildman–Crippen LogP) is 2.59. The second kappa shape index (κ2) is 6.23. The van der Waals surface area contributed by atoms with Gasteiger partial charge in [0.05, 0.1) is 0 Å². The maximum Gasteiger partial charge on any atom is 0.230 e. The Morgan fingerprint density at radius 2 is 1.92 bits per heavy atom. The van der Waals surface area contributed by atoms with Crippen LogP contribution in [-0.2, 0) is 11.2 Å². The molecule has 3 heterocycles. The van der Waals surface area contributed by atoms with Crippen molar-refractivity contribution in [3.8, 4) is 0 Å². The highest BCUT2D eigenvalue weighted by molar-refractivity contribution is 5.97. The molecule has 0 spiro atoms. The van der Waals surface area contributed by atoms with E-state index >= 15 is 0 Å². The Morgan fingerprint density at radius 1 is 1.12 bits per heavy atom. The van der Waals surface area contributed by atoms with Crippen LogP contribution in [0.4, 0.5) is 11.5 Å². The third-order valence-corrected chi connectivity index (χ3v) is 5.11. The van der Waals surface area contributed by atoms with Gasteiger partial charge in [0.1, 0.15) is 12.1 Å². The number of carbonyl (C=O) groups excluding carboxylic acids is 1. The molecule has 0 atom stereocenters. The Hall–Kier alpha value is -2.43. The van der Waals surface area contributed by atoms with E-state index in [2.05, 4.69) is 33.1 Å². The van der Waals surface area contributed by atoms with Crippen molar-refractivity contribution < 1.29 is 4.79 Å². The fourth-order valence-corrected chi connectivity index (χ4v) is 3.76. The molecule has 0 radical (unpaired) electrons. The fourth-order valence-electron chi connectivity index (χ4n) is 3.76. The van der Waals surface area contributed by atoms with Gasteiger partial charge in [-0.25, -0.2) is 9.97 Å². The van der Waals surface area contributed by atoms with E-state index < -0.39 is 0 Å². The minimum atomic E-state index is 0.121. The number of aromatic nitrogens is 2. The Morgan fingerprint density at radius 3 is 2.71 bits per heavy atom. The summed E-state index contributed by atoms with van der Waals surface area (Å²) in [5.74, 6) is 1.38. The lowest BCUT2D eigenvalue weighted by molar-refractivity contribution is -0.122. The van der Waals surface area contributed by atoms with Crippen LogP contribution in [0.5, 0.6) is 0 Å². The zero-order valence-corrected chi connectivity index (χ0v) is 14.0. The van der Waals surface area contributed by atoms with E-state index in [1.54, 1.807) is 6.33 Å². The number of rotatable bonds is 2. The van der Waals surface area contributed by atoms with Crippen LogP contribution in [0.15, 0.2) is 36.7 Å². The predicted molar refractivity (Wildman–Crippen MR) is 94.2 cm³/mol. The van der Waals surface area contributed by atoms with E-state index in [0.29, 0.717) is 5.91 Å². The Bertz CT molecular complexity index is 753. The first-order chi connectivity index (χ1) is 11.7. The molecule has 1 amide bonds. The smallest absolute Gasteiger partial charge is 0.230 e. The third-order valence-electron chi connectivity index (χ3n) is 5.11. The highest BCUT2D eigenvalue weighted by Crippen LogP contribution is 2.31. The van der Waals surface area contributed by atoms with Crippen LogP contribution >= 0.6 is 0 Å². The first kappa shape index (κ1) is 15.1. The lowest BCUT2D eigenvalue weighted by Gasteiger charge is -2.34. The normalized spacial score (nSPS) is 17.9. The summed E-state index contributed by atoms with van der Waals surface area (Å²) in [5.41, 5.74) is 3.38. The summed E-state index contributed by atoms with van der Waals surface area (Å²) in [5, 5.41) is 0. The summed E-state index contributed by atoms with van der Waals surface area (Å²) in [7, 11) is 0. The first-order valence-electron chi connectivity index (χ1n) is 8.65. The van der Waals surface area contributed by atoms with Gasteiger partial charge in [0.2, 0.25) is 5.91 Å². The largest absolute Gasteiger partial charge is 0.356 e. The molecule has 1 fully saturated rings. The van der Waals surface area contributed by atoms with Gasteiger partial charge in [-0.2, -0.15) is 0 Å². The van der Waals surface area contributed by atoms with Gasteiger partial charge in [0, 0.05) is 43.0 Å². The maximum absolute atomic E-state index is 12.9. The molecule has 2 aliphatic heterocycles. The minimum Gasteiger partial charge on any atom is -0.356 e. The van der Waals surface area contributed by atoms with Crippen LogP contribution < -0.4 is 9.80 Å². The highest BCUT2D eigenvalue weighted by atomic mass is 16.2. The molecule has 0 aliphatic carbocycles. The van der Waals surface area contributed by atoms with Gasteiger partial charge in [-0.05, 0) is 37.8 Å². The zero-order valence-electron chi connectivity index (χ0n) is 14.0. The number of carbonyl (C=O) groups is 1. The Labute approximate surface area is 142 Å². The van der Waals surface area contributed by atoms with E-state index in [0.717, 1.165) is 56.1 Å². The van der Waals surface area contributed by atoms with Gasteiger partial charge in [0.25, 0.3) is 0 Å². The molecular formula is C19H22N4O. The van der Waals surface area contributed by atoms with Crippen molar-refractivity contribution in [1.82, 2.24) is 9.97 Å². The van der Waals surface area contributed by atoms with Crippen molar-refractivity contribution in [2.45, 2.75) is 26.2 Å². The van der Waals surface area contributed by atoms with E-state index in [9.17, 15) is 4.79 Å². The molecule has 24 heavy (non-hydrogen) atoms. The van der Waals surface area contributed by atoms with Crippen LogP contribution in [0, 0.1) is 12.8 Å². The SMILES string of the molecule is Cc1cc(N2CCC(C(=O)N3CCc4ccccc43)CC2)ncn1. The number of fused-ring (bicyclic) bond motifs is 1. The van der Waals surface area contributed by atoms with Crippen LogP contribution in [0.25, 0.3) is 0 Å².